The quantitative estimate of drug-likeness (QED) is 0.357. The smallest absolute Gasteiger partial charge is 0.127 e. The molecule has 1 aliphatic heterocycles. The van der Waals surface area contributed by atoms with Gasteiger partial charge in [-0.15, -0.1) is 0 Å². The Bertz CT molecular complexity index is 746. The molecule has 0 saturated carbocycles. The zero-order valence-electron chi connectivity index (χ0n) is 21.6. The molecular formula is C29H48O2. The second-order valence-electron chi connectivity index (χ2n) is 11.1. The van der Waals surface area contributed by atoms with Gasteiger partial charge in [0.05, 0.1) is 0 Å². The van der Waals surface area contributed by atoms with E-state index in [4.69, 9.17) is 4.74 Å². The standard InChI is InChI=1S/C29H48O2/c1-20(2)12-9-13-21(3)14-10-15-22(4)16-11-18-29(8)19-17-26-25(7)27(30)23(5)24(6)28(26)31-29/h11,18,20-22,30H,9-10,12-17,19H2,1-8H3. The fourth-order valence-corrected chi connectivity index (χ4v) is 4.88. The molecule has 2 rings (SSSR count). The van der Waals surface area contributed by atoms with Crippen LogP contribution in [0.4, 0.5) is 0 Å². The minimum absolute atomic E-state index is 0.252. The summed E-state index contributed by atoms with van der Waals surface area (Å²) in [6, 6.07) is 0. The van der Waals surface area contributed by atoms with Gasteiger partial charge in [0.2, 0.25) is 0 Å². The molecular weight excluding hydrogens is 380 g/mol. The van der Waals surface area contributed by atoms with Gasteiger partial charge in [-0.2, -0.15) is 0 Å². The third kappa shape index (κ3) is 7.29. The maximum Gasteiger partial charge on any atom is 0.127 e. The largest absolute Gasteiger partial charge is 0.507 e. The molecule has 3 atom stereocenters. The van der Waals surface area contributed by atoms with Crippen molar-refractivity contribution in [1.82, 2.24) is 0 Å². The molecule has 0 spiro atoms. The van der Waals surface area contributed by atoms with Gasteiger partial charge in [0.15, 0.2) is 0 Å². The van der Waals surface area contributed by atoms with Crippen molar-refractivity contribution < 1.29 is 9.84 Å². The normalized spacial score (nSPS) is 20.7. The van der Waals surface area contributed by atoms with Gasteiger partial charge < -0.3 is 9.84 Å². The summed E-state index contributed by atoms with van der Waals surface area (Å²) in [7, 11) is 0. The topological polar surface area (TPSA) is 29.5 Å². The van der Waals surface area contributed by atoms with E-state index in [2.05, 4.69) is 53.7 Å². The van der Waals surface area contributed by atoms with Crippen LogP contribution in [0.25, 0.3) is 0 Å². The number of ether oxygens (including phenoxy) is 1. The summed E-state index contributed by atoms with van der Waals surface area (Å²) in [6.45, 7) is 17.7. The highest BCUT2D eigenvalue weighted by atomic mass is 16.5. The molecule has 0 aromatic heterocycles. The number of phenols is 1. The zero-order valence-corrected chi connectivity index (χ0v) is 21.6. The lowest BCUT2D eigenvalue weighted by Crippen LogP contribution is -2.35. The predicted octanol–water partition coefficient (Wildman–Crippen LogP) is 8.62. The van der Waals surface area contributed by atoms with Gasteiger partial charge in [-0.25, -0.2) is 0 Å². The molecule has 1 heterocycles. The third-order valence-electron chi connectivity index (χ3n) is 7.43. The number of benzene rings is 1. The molecule has 1 aliphatic rings. The van der Waals surface area contributed by atoms with E-state index in [0.717, 1.165) is 59.5 Å². The summed E-state index contributed by atoms with van der Waals surface area (Å²) >= 11 is 0. The SMILES string of the molecule is Cc1c(C)c2c(c(C)c1O)CCC(C)(C=CCC(C)CCCC(C)CCCC(C)C)O2. The number of phenolic OH excluding ortho intramolecular Hbond substituents is 1. The van der Waals surface area contributed by atoms with Gasteiger partial charge in [0, 0.05) is 5.56 Å². The molecule has 31 heavy (non-hydrogen) atoms. The van der Waals surface area contributed by atoms with Gasteiger partial charge in [-0.1, -0.05) is 72.3 Å². The van der Waals surface area contributed by atoms with Crippen molar-refractivity contribution in [1.29, 1.82) is 0 Å². The van der Waals surface area contributed by atoms with Crippen LogP contribution in [-0.4, -0.2) is 10.7 Å². The molecule has 1 N–H and O–H groups in total. The Morgan fingerprint density at radius 2 is 1.52 bits per heavy atom. The van der Waals surface area contributed by atoms with Gasteiger partial charge in [-0.3, -0.25) is 0 Å². The van der Waals surface area contributed by atoms with Crippen molar-refractivity contribution in [2.75, 3.05) is 0 Å². The fraction of sp³-hybridized carbons (Fsp3) is 0.724. The minimum atomic E-state index is -0.252. The summed E-state index contributed by atoms with van der Waals surface area (Å²) < 4.78 is 6.52. The van der Waals surface area contributed by atoms with E-state index in [0.29, 0.717) is 5.75 Å². The molecule has 2 nitrogen and oxygen atoms in total. The number of hydrogen-bond donors (Lipinski definition) is 1. The van der Waals surface area contributed by atoms with Crippen LogP contribution in [0.2, 0.25) is 0 Å². The second kappa shape index (κ2) is 11.4. The lowest BCUT2D eigenvalue weighted by Gasteiger charge is -2.36. The van der Waals surface area contributed by atoms with Crippen molar-refractivity contribution in [2.45, 2.75) is 119 Å². The van der Waals surface area contributed by atoms with Gasteiger partial charge in [0.25, 0.3) is 0 Å². The van der Waals surface area contributed by atoms with Crippen LogP contribution in [-0.2, 0) is 6.42 Å². The number of rotatable bonds is 11. The first-order chi connectivity index (χ1) is 14.5. The van der Waals surface area contributed by atoms with Crippen LogP contribution in [0, 0.1) is 38.5 Å². The molecule has 0 radical (unpaired) electrons. The number of hydrogen-bond acceptors (Lipinski definition) is 2. The van der Waals surface area contributed by atoms with Crippen molar-refractivity contribution >= 4 is 0 Å². The van der Waals surface area contributed by atoms with E-state index in [9.17, 15) is 5.11 Å². The van der Waals surface area contributed by atoms with Gasteiger partial charge in [-0.05, 0) is 87.5 Å². The maximum atomic E-state index is 10.4. The molecule has 0 fully saturated rings. The van der Waals surface area contributed by atoms with E-state index < -0.39 is 0 Å². The highest BCUT2D eigenvalue weighted by Crippen LogP contribution is 2.43. The maximum absolute atomic E-state index is 10.4. The first kappa shape index (κ1) is 25.8. The van der Waals surface area contributed by atoms with E-state index in [1.165, 1.54) is 44.1 Å². The van der Waals surface area contributed by atoms with Gasteiger partial charge in [0.1, 0.15) is 17.1 Å². The average Bonchev–Trinajstić information content (AvgIpc) is 2.70. The van der Waals surface area contributed by atoms with Crippen LogP contribution < -0.4 is 4.74 Å². The molecule has 176 valence electrons. The monoisotopic (exact) mass is 428 g/mol. The zero-order chi connectivity index (χ0) is 23.2. The van der Waals surface area contributed by atoms with Crippen molar-refractivity contribution in [3.8, 4) is 11.5 Å². The van der Waals surface area contributed by atoms with E-state index >= 15 is 0 Å². The Morgan fingerprint density at radius 1 is 0.903 bits per heavy atom. The lowest BCUT2D eigenvalue weighted by atomic mass is 9.86. The van der Waals surface area contributed by atoms with Crippen LogP contribution >= 0.6 is 0 Å². The Kier molecular flexibility index (Phi) is 9.52. The average molecular weight is 429 g/mol. The Labute approximate surface area is 192 Å². The molecule has 2 heteroatoms. The predicted molar refractivity (Wildman–Crippen MR) is 134 cm³/mol. The summed E-state index contributed by atoms with van der Waals surface area (Å²) in [4.78, 5) is 0. The summed E-state index contributed by atoms with van der Waals surface area (Å²) in [5.74, 6) is 3.85. The molecule has 1 aromatic carbocycles. The van der Waals surface area contributed by atoms with E-state index in [1.807, 2.05) is 13.8 Å². The van der Waals surface area contributed by atoms with Crippen molar-refractivity contribution in [3.05, 3.63) is 34.4 Å². The second-order valence-corrected chi connectivity index (χ2v) is 11.1. The first-order valence-corrected chi connectivity index (χ1v) is 12.7. The van der Waals surface area contributed by atoms with Crippen LogP contribution in [0.15, 0.2) is 12.2 Å². The number of allylic oxidation sites excluding steroid dienone is 1. The molecule has 0 amide bonds. The summed E-state index contributed by atoms with van der Waals surface area (Å²) in [5.41, 5.74) is 3.93. The third-order valence-corrected chi connectivity index (χ3v) is 7.43. The minimum Gasteiger partial charge on any atom is -0.507 e. The first-order valence-electron chi connectivity index (χ1n) is 12.7. The highest BCUT2D eigenvalue weighted by molar-refractivity contribution is 5.58. The van der Waals surface area contributed by atoms with Crippen LogP contribution in [0.5, 0.6) is 11.5 Å². The molecule has 3 unspecified atom stereocenters. The van der Waals surface area contributed by atoms with E-state index in [1.54, 1.807) is 0 Å². The Hall–Kier alpha value is -1.44. The lowest BCUT2D eigenvalue weighted by molar-refractivity contribution is 0.112. The van der Waals surface area contributed by atoms with Crippen LogP contribution in [0.3, 0.4) is 0 Å². The summed E-state index contributed by atoms with van der Waals surface area (Å²) in [6.07, 6.45) is 15.9. The van der Waals surface area contributed by atoms with Gasteiger partial charge >= 0.3 is 0 Å². The molecule has 0 aliphatic carbocycles. The number of fused-ring (bicyclic) bond motifs is 1. The fourth-order valence-electron chi connectivity index (χ4n) is 4.88. The highest BCUT2D eigenvalue weighted by Gasteiger charge is 2.32. The van der Waals surface area contributed by atoms with E-state index in [-0.39, 0.29) is 5.60 Å². The van der Waals surface area contributed by atoms with Crippen molar-refractivity contribution in [2.24, 2.45) is 17.8 Å². The Balaban J connectivity index is 1.81. The summed E-state index contributed by atoms with van der Waals surface area (Å²) in [5, 5.41) is 10.4. The number of aromatic hydroxyl groups is 1. The van der Waals surface area contributed by atoms with Crippen LogP contribution in [0.1, 0.15) is 108 Å². The Morgan fingerprint density at radius 3 is 2.16 bits per heavy atom. The molecule has 0 bridgehead atoms. The molecule has 1 aromatic rings. The van der Waals surface area contributed by atoms with Crippen molar-refractivity contribution in [3.63, 3.8) is 0 Å². The molecule has 0 saturated heterocycles.